The van der Waals surface area contributed by atoms with Gasteiger partial charge in [0.1, 0.15) is 4.88 Å². The number of benzene rings is 1. The van der Waals surface area contributed by atoms with E-state index in [0.717, 1.165) is 16.9 Å². The summed E-state index contributed by atoms with van der Waals surface area (Å²) in [5, 5.41) is 11.9. The van der Waals surface area contributed by atoms with Gasteiger partial charge in [0.05, 0.1) is 12.5 Å². The smallest absolute Gasteiger partial charge is 0.345 e. The van der Waals surface area contributed by atoms with Gasteiger partial charge in [-0.1, -0.05) is 50.6 Å². The zero-order valence-corrected chi connectivity index (χ0v) is 14.1. The Bertz CT molecular complexity index is 666. The number of carbonyl (C=O) groups excluding carboxylic acids is 1. The fraction of sp³-hybridized carbons (Fsp3) is 0.333. The SMILES string of the molecule is CCC(C)C(C(=O)NCc1ccc(C(=O)O)s1)c1ccccc1. The highest BCUT2D eigenvalue weighted by molar-refractivity contribution is 7.13. The van der Waals surface area contributed by atoms with Crippen molar-refractivity contribution in [2.45, 2.75) is 32.7 Å². The van der Waals surface area contributed by atoms with Gasteiger partial charge in [-0.2, -0.15) is 0 Å². The molecule has 4 nitrogen and oxygen atoms in total. The normalized spacial score (nSPS) is 13.3. The highest BCUT2D eigenvalue weighted by atomic mass is 32.1. The molecule has 23 heavy (non-hydrogen) atoms. The maximum atomic E-state index is 12.6. The minimum Gasteiger partial charge on any atom is -0.477 e. The Morgan fingerprint density at radius 1 is 1.17 bits per heavy atom. The molecular formula is C18H21NO3S. The van der Waals surface area contributed by atoms with Crippen molar-refractivity contribution < 1.29 is 14.7 Å². The predicted octanol–water partition coefficient (Wildman–Crippen LogP) is 3.89. The van der Waals surface area contributed by atoms with Crippen LogP contribution in [0.3, 0.4) is 0 Å². The Morgan fingerprint density at radius 3 is 2.43 bits per heavy atom. The monoisotopic (exact) mass is 331 g/mol. The van der Waals surface area contributed by atoms with E-state index in [9.17, 15) is 9.59 Å². The van der Waals surface area contributed by atoms with E-state index in [4.69, 9.17) is 5.11 Å². The molecule has 0 saturated heterocycles. The van der Waals surface area contributed by atoms with Gasteiger partial charge in [-0.05, 0) is 23.6 Å². The molecule has 0 aliphatic heterocycles. The summed E-state index contributed by atoms with van der Waals surface area (Å²) in [5.74, 6) is -0.916. The average molecular weight is 331 g/mol. The van der Waals surface area contributed by atoms with Crippen LogP contribution in [0.1, 0.15) is 46.3 Å². The van der Waals surface area contributed by atoms with Gasteiger partial charge < -0.3 is 10.4 Å². The molecule has 0 aliphatic rings. The summed E-state index contributed by atoms with van der Waals surface area (Å²) >= 11 is 1.19. The van der Waals surface area contributed by atoms with E-state index in [1.54, 1.807) is 12.1 Å². The maximum Gasteiger partial charge on any atom is 0.345 e. The Balaban J connectivity index is 2.07. The molecule has 0 spiro atoms. The van der Waals surface area contributed by atoms with Crippen LogP contribution >= 0.6 is 11.3 Å². The van der Waals surface area contributed by atoms with Crippen molar-refractivity contribution >= 4 is 23.2 Å². The van der Waals surface area contributed by atoms with E-state index in [1.165, 1.54) is 11.3 Å². The lowest BCUT2D eigenvalue weighted by molar-refractivity contribution is -0.123. The molecule has 2 N–H and O–H groups in total. The van der Waals surface area contributed by atoms with Gasteiger partial charge in [0.25, 0.3) is 0 Å². The van der Waals surface area contributed by atoms with Crippen molar-refractivity contribution in [2.24, 2.45) is 5.92 Å². The number of aromatic carboxylic acids is 1. The molecule has 2 atom stereocenters. The lowest BCUT2D eigenvalue weighted by atomic mass is 9.85. The van der Waals surface area contributed by atoms with E-state index in [1.807, 2.05) is 30.3 Å². The predicted molar refractivity (Wildman–Crippen MR) is 91.8 cm³/mol. The highest BCUT2D eigenvalue weighted by Crippen LogP contribution is 2.27. The van der Waals surface area contributed by atoms with E-state index >= 15 is 0 Å². The molecule has 0 bridgehead atoms. The van der Waals surface area contributed by atoms with Crippen LogP contribution in [-0.2, 0) is 11.3 Å². The van der Waals surface area contributed by atoms with Gasteiger partial charge in [-0.3, -0.25) is 4.79 Å². The van der Waals surface area contributed by atoms with E-state index < -0.39 is 5.97 Å². The molecule has 1 aromatic carbocycles. The first-order chi connectivity index (χ1) is 11.0. The first-order valence-electron chi connectivity index (χ1n) is 7.67. The number of carboxylic acid groups (broad SMARTS) is 1. The second-order valence-electron chi connectivity index (χ2n) is 5.56. The van der Waals surface area contributed by atoms with Crippen LogP contribution in [0.2, 0.25) is 0 Å². The minimum absolute atomic E-state index is 0.0178. The van der Waals surface area contributed by atoms with Gasteiger partial charge in [-0.25, -0.2) is 4.79 Å². The van der Waals surface area contributed by atoms with Crippen molar-refractivity contribution in [1.29, 1.82) is 0 Å². The number of hydrogen-bond donors (Lipinski definition) is 2. The third kappa shape index (κ3) is 4.42. The first-order valence-corrected chi connectivity index (χ1v) is 8.49. The molecule has 5 heteroatoms. The fourth-order valence-corrected chi connectivity index (χ4v) is 3.29. The number of nitrogens with one attached hydrogen (secondary N) is 1. The summed E-state index contributed by atoms with van der Waals surface area (Å²) in [4.78, 5) is 24.7. The van der Waals surface area contributed by atoms with Gasteiger partial charge in [-0.15, -0.1) is 11.3 Å². The average Bonchev–Trinajstić information content (AvgIpc) is 3.03. The third-order valence-electron chi connectivity index (χ3n) is 3.96. The second-order valence-corrected chi connectivity index (χ2v) is 6.73. The minimum atomic E-state index is -0.936. The molecular weight excluding hydrogens is 310 g/mol. The summed E-state index contributed by atoms with van der Waals surface area (Å²) in [6, 6.07) is 13.1. The molecule has 2 rings (SSSR count). The van der Waals surface area contributed by atoms with Crippen molar-refractivity contribution in [3.8, 4) is 0 Å². The molecule has 1 amide bonds. The Morgan fingerprint density at radius 2 is 1.87 bits per heavy atom. The Kier molecular flexibility index (Phi) is 5.93. The lowest BCUT2D eigenvalue weighted by Gasteiger charge is -2.22. The fourth-order valence-electron chi connectivity index (χ4n) is 2.51. The molecule has 0 radical (unpaired) electrons. The summed E-state index contributed by atoms with van der Waals surface area (Å²) in [6.07, 6.45) is 0.912. The number of carbonyl (C=O) groups is 2. The van der Waals surface area contributed by atoms with Crippen LogP contribution in [0.15, 0.2) is 42.5 Å². The highest BCUT2D eigenvalue weighted by Gasteiger charge is 2.25. The van der Waals surface area contributed by atoms with Gasteiger partial charge in [0, 0.05) is 4.88 Å². The van der Waals surface area contributed by atoms with E-state index in [-0.39, 0.29) is 22.6 Å². The molecule has 0 aliphatic carbocycles. The first kappa shape index (κ1) is 17.2. The van der Waals surface area contributed by atoms with Crippen LogP contribution in [0.25, 0.3) is 0 Å². The standard InChI is InChI=1S/C18H21NO3S/c1-3-12(2)16(13-7-5-4-6-8-13)17(20)19-11-14-9-10-15(23-14)18(21)22/h4-10,12,16H,3,11H2,1-2H3,(H,19,20)(H,21,22). The van der Waals surface area contributed by atoms with Crippen molar-refractivity contribution in [1.82, 2.24) is 5.32 Å². The van der Waals surface area contributed by atoms with Gasteiger partial charge in [0.2, 0.25) is 5.91 Å². The Hall–Kier alpha value is -2.14. The van der Waals surface area contributed by atoms with Crippen molar-refractivity contribution in [2.75, 3.05) is 0 Å². The third-order valence-corrected chi connectivity index (χ3v) is 5.04. The van der Waals surface area contributed by atoms with Crippen LogP contribution in [0.4, 0.5) is 0 Å². The topological polar surface area (TPSA) is 66.4 Å². The van der Waals surface area contributed by atoms with Crippen molar-refractivity contribution in [3.63, 3.8) is 0 Å². The number of hydrogen-bond acceptors (Lipinski definition) is 3. The van der Waals surface area contributed by atoms with Crippen LogP contribution < -0.4 is 5.32 Å². The maximum absolute atomic E-state index is 12.6. The van der Waals surface area contributed by atoms with Crippen LogP contribution in [0, 0.1) is 5.92 Å². The Labute approximate surface area is 140 Å². The number of rotatable bonds is 7. The van der Waals surface area contributed by atoms with Gasteiger partial charge >= 0.3 is 5.97 Å². The van der Waals surface area contributed by atoms with Crippen molar-refractivity contribution in [3.05, 3.63) is 57.8 Å². The summed E-state index contributed by atoms with van der Waals surface area (Å²) in [5.41, 5.74) is 1.01. The summed E-state index contributed by atoms with van der Waals surface area (Å²) < 4.78 is 0. The lowest BCUT2D eigenvalue weighted by Crippen LogP contribution is -2.32. The summed E-state index contributed by atoms with van der Waals surface area (Å²) in [6.45, 7) is 4.51. The number of thiophene rings is 1. The second kappa shape index (κ2) is 7.92. The zero-order valence-electron chi connectivity index (χ0n) is 13.3. The van der Waals surface area contributed by atoms with Gasteiger partial charge in [0.15, 0.2) is 0 Å². The van der Waals surface area contributed by atoms with Crippen LogP contribution in [-0.4, -0.2) is 17.0 Å². The van der Waals surface area contributed by atoms with E-state index in [2.05, 4.69) is 19.2 Å². The largest absolute Gasteiger partial charge is 0.477 e. The zero-order chi connectivity index (χ0) is 16.8. The van der Waals surface area contributed by atoms with Crippen LogP contribution in [0.5, 0.6) is 0 Å². The molecule has 2 aromatic rings. The molecule has 1 heterocycles. The quantitative estimate of drug-likeness (QED) is 0.809. The molecule has 122 valence electrons. The molecule has 2 unspecified atom stereocenters. The molecule has 0 fully saturated rings. The molecule has 0 saturated carbocycles. The van der Waals surface area contributed by atoms with E-state index in [0.29, 0.717) is 6.54 Å². The number of carboxylic acids is 1. The summed E-state index contributed by atoms with van der Waals surface area (Å²) in [7, 11) is 0. The molecule has 1 aromatic heterocycles. The number of amides is 1.